The van der Waals surface area contributed by atoms with E-state index in [1.165, 1.54) is 96.3 Å². The predicted molar refractivity (Wildman–Crippen MR) is 123 cm³/mol. The van der Waals surface area contributed by atoms with E-state index in [1.807, 2.05) is 4.90 Å². The first kappa shape index (κ1) is 27.3. The maximum atomic E-state index is 12.5. The zero-order valence-electron chi connectivity index (χ0n) is 19.6. The molecule has 0 aliphatic rings. The van der Waals surface area contributed by atoms with Gasteiger partial charge in [-0.25, -0.2) is 4.79 Å². The van der Waals surface area contributed by atoms with E-state index in [-0.39, 0.29) is 6.09 Å². The molecule has 0 bridgehead atoms. The standard InChI is InChI=1S/C25H51NO2/c1-4-7-10-13-16-19-22-26(23-20-17-14-11-8-5-2)25(27)28-24-21-18-15-12-9-6-3/h4-24H2,1-3H3. The van der Waals surface area contributed by atoms with Crippen molar-refractivity contribution in [3.05, 3.63) is 0 Å². The summed E-state index contributed by atoms with van der Waals surface area (Å²) in [6.45, 7) is 9.08. The van der Waals surface area contributed by atoms with Gasteiger partial charge in [0, 0.05) is 13.1 Å². The first-order valence-electron chi connectivity index (χ1n) is 12.7. The van der Waals surface area contributed by atoms with Crippen LogP contribution < -0.4 is 0 Å². The van der Waals surface area contributed by atoms with Crippen LogP contribution in [0.15, 0.2) is 0 Å². The van der Waals surface area contributed by atoms with Crippen LogP contribution in [0.25, 0.3) is 0 Å². The molecule has 1 amide bonds. The Morgan fingerprint density at radius 3 is 1.32 bits per heavy atom. The van der Waals surface area contributed by atoms with Crippen LogP contribution in [0, 0.1) is 0 Å². The van der Waals surface area contributed by atoms with Gasteiger partial charge in [-0.1, -0.05) is 117 Å². The Kier molecular flexibility index (Phi) is 22.0. The van der Waals surface area contributed by atoms with Gasteiger partial charge in [0.05, 0.1) is 6.61 Å². The molecule has 0 unspecified atom stereocenters. The monoisotopic (exact) mass is 397 g/mol. The van der Waals surface area contributed by atoms with E-state index in [2.05, 4.69) is 20.8 Å². The van der Waals surface area contributed by atoms with Crippen LogP contribution in [0.3, 0.4) is 0 Å². The molecular weight excluding hydrogens is 346 g/mol. The molecule has 0 radical (unpaired) electrons. The lowest BCUT2D eigenvalue weighted by Crippen LogP contribution is -2.33. The summed E-state index contributed by atoms with van der Waals surface area (Å²) in [5.41, 5.74) is 0. The Morgan fingerprint density at radius 1 is 0.536 bits per heavy atom. The zero-order chi connectivity index (χ0) is 20.7. The minimum atomic E-state index is -0.0734. The average molecular weight is 398 g/mol. The second kappa shape index (κ2) is 22.6. The maximum Gasteiger partial charge on any atom is 0.409 e. The molecule has 3 heteroatoms. The van der Waals surface area contributed by atoms with Crippen molar-refractivity contribution in [2.24, 2.45) is 0 Å². The van der Waals surface area contributed by atoms with Gasteiger partial charge in [0.25, 0.3) is 0 Å². The molecule has 168 valence electrons. The zero-order valence-corrected chi connectivity index (χ0v) is 19.6. The van der Waals surface area contributed by atoms with Gasteiger partial charge in [0.1, 0.15) is 0 Å². The van der Waals surface area contributed by atoms with Gasteiger partial charge in [0.15, 0.2) is 0 Å². The highest BCUT2D eigenvalue weighted by molar-refractivity contribution is 5.67. The highest BCUT2D eigenvalue weighted by Crippen LogP contribution is 2.11. The highest BCUT2D eigenvalue weighted by atomic mass is 16.6. The summed E-state index contributed by atoms with van der Waals surface area (Å²) in [5.74, 6) is 0. The topological polar surface area (TPSA) is 29.5 Å². The maximum absolute atomic E-state index is 12.5. The van der Waals surface area contributed by atoms with Crippen LogP contribution in [0.5, 0.6) is 0 Å². The quantitative estimate of drug-likeness (QED) is 0.182. The largest absolute Gasteiger partial charge is 0.449 e. The SMILES string of the molecule is CCCCCCCCOC(=O)N(CCCCCCCC)CCCCCCCC. The normalized spacial score (nSPS) is 11.0. The summed E-state index contributed by atoms with van der Waals surface area (Å²) < 4.78 is 5.59. The summed E-state index contributed by atoms with van der Waals surface area (Å²) >= 11 is 0. The molecule has 0 aromatic rings. The van der Waals surface area contributed by atoms with Crippen molar-refractivity contribution in [3.8, 4) is 0 Å². The fourth-order valence-corrected chi connectivity index (χ4v) is 3.59. The third-order valence-corrected chi connectivity index (χ3v) is 5.54. The van der Waals surface area contributed by atoms with E-state index < -0.39 is 0 Å². The van der Waals surface area contributed by atoms with Crippen LogP contribution in [0.4, 0.5) is 4.79 Å². The fraction of sp³-hybridized carbons (Fsp3) is 0.960. The van der Waals surface area contributed by atoms with Gasteiger partial charge in [-0.05, 0) is 19.3 Å². The number of hydrogen-bond donors (Lipinski definition) is 0. The van der Waals surface area contributed by atoms with E-state index in [0.717, 1.165) is 32.4 Å². The van der Waals surface area contributed by atoms with Crippen molar-refractivity contribution in [2.75, 3.05) is 19.7 Å². The first-order valence-corrected chi connectivity index (χ1v) is 12.7. The number of rotatable bonds is 21. The van der Waals surface area contributed by atoms with Crippen LogP contribution in [0.2, 0.25) is 0 Å². The molecule has 0 atom stereocenters. The van der Waals surface area contributed by atoms with Gasteiger partial charge >= 0.3 is 6.09 Å². The molecule has 3 nitrogen and oxygen atoms in total. The molecule has 28 heavy (non-hydrogen) atoms. The van der Waals surface area contributed by atoms with E-state index >= 15 is 0 Å². The number of carbonyl (C=O) groups excluding carboxylic acids is 1. The minimum Gasteiger partial charge on any atom is -0.449 e. The molecule has 0 heterocycles. The van der Waals surface area contributed by atoms with Gasteiger partial charge in [-0.2, -0.15) is 0 Å². The van der Waals surface area contributed by atoms with E-state index in [4.69, 9.17) is 4.74 Å². The van der Waals surface area contributed by atoms with E-state index in [0.29, 0.717) is 6.61 Å². The molecule has 0 aliphatic heterocycles. The van der Waals surface area contributed by atoms with Crippen LogP contribution in [-0.2, 0) is 4.74 Å². The van der Waals surface area contributed by atoms with Crippen molar-refractivity contribution in [1.82, 2.24) is 4.90 Å². The van der Waals surface area contributed by atoms with Gasteiger partial charge < -0.3 is 9.64 Å². The second-order valence-corrected chi connectivity index (χ2v) is 8.40. The molecule has 0 aromatic heterocycles. The number of nitrogens with zero attached hydrogens (tertiary/aromatic N) is 1. The van der Waals surface area contributed by atoms with Crippen molar-refractivity contribution >= 4 is 6.09 Å². The minimum absolute atomic E-state index is 0.0734. The first-order chi connectivity index (χ1) is 13.8. The molecule has 0 saturated carbocycles. The van der Waals surface area contributed by atoms with Crippen molar-refractivity contribution in [2.45, 2.75) is 136 Å². The predicted octanol–water partition coefficient (Wildman–Crippen LogP) is 8.51. The van der Waals surface area contributed by atoms with Gasteiger partial charge in [-0.15, -0.1) is 0 Å². The lowest BCUT2D eigenvalue weighted by atomic mass is 10.1. The van der Waals surface area contributed by atoms with Crippen LogP contribution >= 0.6 is 0 Å². The molecule has 0 saturated heterocycles. The molecule has 0 N–H and O–H groups in total. The lowest BCUT2D eigenvalue weighted by molar-refractivity contribution is 0.0989. The summed E-state index contributed by atoms with van der Waals surface area (Å²) in [6, 6.07) is 0. The summed E-state index contributed by atoms with van der Waals surface area (Å²) in [6.07, 6.45) is 22.5. The van der Waals surface area contributed by atoms with Gasteiger partial charge in [-0.3, -0.25) is 0 Å². The number of ether oxygens (including phenoxy) is 1. The average Bonchev–Trinajstić information content (AvgIpc) is 2.70. The molecular formula is C25H51NO2. The Labute approximate surface area is 177 Å². The number of carbonyl (C=O) groups is 1. The molecule has 0 fully saturated rings. The summed E-state index contributed by atoms with van der Waals surface area (Å²) in [7, 11) is 0. The Hall–Kier alpha value is -0.730. The highest BCUT2D eigenvalue weighted by Gasteiger charge is 2.14. The second-order valence-electron chi connectivity index (χ2n) is 8.40. The Balaban J connectivity index is 4.01. The third-order valence-electron chi connectivity index (χ3n) is 5.54. The third kappa shape index (κ3) is 18.6. The number of unbranched alkanes of at least 4 members (excludes halogenated alkanes) is 15. The smallest absolute Gasteiger partial charge is 0.409 e. The summed E-state index contributed by atoms with van der Waals surface area (Å²) in [5, 5.41) is 0. The van der Waals surface area contributed by atoms with Crippen LogP contribution in [0.1, 0.15) is 136 Å². The van der Waals surface area contributed by atoms with Crippen molar-refractivity contribution in [1.29, 1.82) is 0 Å². The van der Waals surface area contributed by atoms with E-state index in [1.54, 1.807) is 0 Å². The van der Waals surface area contributed by atoms with Crippen molar-refractivity contribution in [3.63, 3.8) is 0 Å². The van der Waals surface area contributed by atoms with Gasteiger partial charge in [0.2, 0.25) is 0 Å². The molecule has 0 aromatic carbocycles. The molecule has 0 aliphatic carbocycles. The number of hydrogen-bond acceptors (Lipinski definition) is 2. The van der Waals surface area contributed by atoms with Crippen molar-refractivity contribution < 1.29 is 9.53 Å². The molecule has 0 rings (SSSR count). The van der Waals surface area contributed by atoms with Crippen LogP contribution in [-0.4, -0.2) is 30.7 Å². The molecule has 0 spiro atoms. The summed E-state index contributed by atoms with van der Waals surface area (Å²) in [4.78, 5) is 14.5. The fourth-order valence-electron chi connectivity index (χ4n) is 3.59. The van der Waals surface area contributed by atoms with E-state index in [9.17, 15) is 4.79 Å². The lowest BCUT2D eigenvalue weighted by Gasteiger charge is -2.22. The Morgan fingerprint density at radius 2 is 0.893 bits per heavy atom. The number of amides is 1. The Bertz CT molecular complexity index is 304.